The summed E-state index contributed by atoms with van der Waals surface area (Å²) in [7, 11) is 0. The van der Waals surface area contributed by atoms with E-state index in [9.17, 15) is 9.18 Å². The molecule has 1 aliphatic heterocycles. The molecule has 0 aliphatic carbocycles. The Labute approximate surface area is 113 Å². The topological polar surface area (TPSA) is 55.6 Å². The van der Waals surface area contributed by atoms with Crippen LogP contribution in [0.4, 0.5) is 4.39 Å². The van der Waals surface area contributed by atoms with Crippen molar-refractivity contribution in [2.45, 2.75) is 12.6 Å². The number of hydrogen-bond acceptors (Lipinski definition) is 3. The zero-order valence-corrected chi connectivity index (χ0v) is 11.3. The van der Waals surface area contributed by atoms with Gasteiger partial charge in [0.1, 0.15) is 11.9 Å². The van der Waals surface area contributed by atoms with Gasteiger partial charge < -0.3 is 10.5 Å². The number of carbonyl (C=O) groups excluding carboxylic acids is 1. The van der Waals surface area contributed by atoms with E-state index >= 15 is 0 Å². The number of carbonyl (C=O) groups is 1. The Morgan fingerprint density at radius 2 is 2.33 bits per heavy atom. The van der Waals surface area contributed by atoms with Gasteiger partial charge in [0.25, 0.3) is 0 Å². The lowest BCUT2D eigenvalue weighted by molar-refractivity contribution is -0.129. The standard InChI is InChI=1S/C12H14BrFN2O2/c13-9-3-8(4-10(14)5-9)6-16-1-2-18-7-11(16)12(15)17/h3-5,11H,1-2,6-7H2,(H2,15,17). The van der Waals surface area contributed by atoms with E-state index < -0.39 is 11.9 Å². The van der Waals surface area contributed by atoms with Crippen molar-refractivity contribution >= 4 is 21.8 Å². The number of ether oxygens (including phenoxy) is 1. The molecule has 1 amide bonds. The highest BCUT2D eigenvalue weighted by atomic mass is 79.9. The molecule has 1 atom stereocenters. The third kappa shape index (κ3) is 3.28. The SMILES string of the molecule is NC(=O)C1COCCN1Cc1cc(F)cc(Br)c1. The fraction of sp³-hybridized carbons (Fsp3) is 0.417. The molecule has 1 fully saturated rings. The van der Waals surface area contributed by atoms with Gasteiger partial charge in [-0.1, -0.05) is 15.9 Å². The van der Waals surface area contributed by atoms with Crippen LogP contribution in [0.5, 0.6) is 0 Å². The summed E-state index contributed by atoms with van der Waals surface area (Å²) in [5, 5.41) is 0. The molecular weight excluding hydrogens is 303 g/mol. The van der Waals surface area contributed by atoms with Crippen molar-refractivity contribution in [3.63, 3.8) is 0 Å². The van der Waals surface area contributed by atoms with Gasteiger partial charge in [-0.05, 0) is 23.8 Å². The highest BCUT2D eigenvalue weighted by molar-refractivity contribution is 9.10. The predicted molar refractivity (Wildman–Crippen MR) is 68.3 cm³/mol. The van der Waals surface area contributed by atoms with Crippen LogP contribution in [-0.4, -0.2) is 36.6 Å². The van der Waals surface area contributed by atoms with E-state index in [2.05, 4.69) is 15.9 Å². The van der Waals surface area contributed by atoms with Crippen LogP contribution in [0, 0.1) is 5.82 Å². The highest BCUT2D eigenvalue weighted by Crippen LogP contribution is 2.18. The quantitative estimate of drug-likeness (QED) is 0.913. The molecule has 0 saturated carbocycles. The smallest absolute Gasteiger partial charge is 0.237 e. The number of benzene rings is 1. The second-order valence-corrected chi connectivity index (χ2v) is 5.16. The largest absolute Gasteiger partial charge is 0.378 e. The van der Waals surface area contributed by atoms with Crippen LogP contribution < -0.4 is 5.73 Å². The van der Waals surface area contributed by atoms with Crippen molar-refractivity contribution < 1.29 is 13.9 Å². The van der Waals surface area contributed by atoms with Gasteiger partial charge in [-0.2, -0.15) is 0 Å². The highest BCUT2D eigenvalue weighted by Gasteiger charge is 2.27. The van der Waals surface area contributed by atoms with Gasteiger partial charge in [0.05, 0.1) is 13.2 Å². The second-order valence-electron chi connectivity index (χ2n) is 4.24. The summed E-state index contributed by atoms with van der Waals surface area (Å²) < 4.78 is 19.2. The maximum absolute atomic E-state index is 13.3. The molecule has 6 heteroatoms. The van der Waals surface area contributed by atoms with Gasteiger partial charge in [-0.15, -0.1) is 0 Å². The molecule has 2 rings (SSSR count). The van der Waals surface area contributed by atoms with Gasteiger partial charge in [0.15, 0.2) is 0 Å². The molecule has 1 aliphatic rings. The molecule has 1 unspecified atom stereocenters. The van der Waals surface area contributed by atoms with Crippen LogP contribution in [0.1, 0.15) is 5.56 Å². The lowest BCUT2D eigenvalue weighted by atomic mass is 10.1. The van der Waals surface area contributed by atoms with Crippen molar-refractivity contribution in [1.82, 2.24) is 4.90 Å². The summed E-state index contributed by atoms with van der Waals surface area (Å²) in [5.41, 5.74) is 6.13. The molecule has 0 aromatic heterocycles. The Balaban J connectivity index is 2.13. The number of morpholine rings is 1. The summed E-state index contributed by atoms with van der Waals surface area (Å²) in [5.74, 6) is -0.714. The molecule has 1 aromatic rings. The average molecular weight is 317 g/mol. The zero-order chi connectivity index (χ0) is 13.1. The number of hydrogen-bond donors (Lipinski definition) is 1. The van der Waals surface area contributed by atoms with Gasteiger partial charge in [0.2, 0.25) is 5.91 Å². The van der Waals surface area contributed by atoms with Crippen molar-refractivity contribution in [2.24, 2.45) is 5.73 Å². The number of rotatable bonds is 3. The monoisotopic (exact) mass is 316 g/mol. The third-order valence-electron chi connectivity index (χ3n) is 2.88. The second kappa shape index (κ2) is 5.77. The first-order chi connectivity index (χ1) is 8.56. The van der Waals surface area contributed by atoms with Crippen LogP contribution >= 0.6 is 15.9 Å². The van der Waals surface area contributed by atoms with Crippen molar-refractivity contribution in [1.29, 1.82) is 0 Å². The maximum atomic E-state index is 13.3. The van der Waals surface area contributed by atoms with Crippen LogP contribution in [0.3, 0.4) is 0 Å². The summed E-state index contributed by atoms with van der Waals surface area (Å²) in [6.07, 6.45) is 0. The summed E-state index contributed by atoms with van der Waals surface area (Å²) in [6, 6.07) is 4.24. The third-order valence-corrected chi connectivity index (χ3v) is 3.33. The summed E-state index contributed by atoms with van der Waals surface area (Å²) >= 11 is 3.25. The van der Waals surface area contributed by atoms with E-state index in [-0.39, 0.29) is 5.82 Å². The van der Waals surface area contributed by atoms with Crippen LogP contribution in [0.25, 0.3) is 0 Å². The number of halogens is 2. The van der Waals surface area contributed by atoms with Gasteiger partial charge in [0, 0.05) is 17.6 Å². The Hall–Kier alpha value is -0.980. The van der Waals surface area contributed by atoms with E-state index in [0.717, 1.165) is 5.56 Å². The Bertz CT molecular complexity index is 435. The molecule has 0 spiro atoms. The molecule has 1 aromatic carbocycles. The summed E-state index contributed by atoms with van der Waals surface area (Å²) in [6.45, 7) is 1.95. The average Bonchev–Trinajstić information content (AvgIpc) is 2.27. The predicted octanol–water partition coefficient (Wildman–Crippen LogP) is 1.27. The molecule has 18 heavy (non-hydrogen) atoms. The van der Waals surface area contributed by atoms with E-state index in [1.54, 1.807) is 0 Å². The van der Waals surface area contributed by atoms with Crippen LogP contribution in [0.15, 0.2) is 22.7 Å². The molecule has 2 N–H and O–H groups in total. The normalized spacial score (nSPS) is 20.9. The fourth-order valence-corrected chi connectivity index (χ4v) is 2.54. The van der Waals surface area contributed by atoms with E-state index in [1.165, 1.54) is 12.1 Å². The van der Waals surface area contributed by atoms with E-state index in [1.807, 2.05) is 11.0 Å². The molecule has 1 heterocycles. The van der Waals surface area contributed by atoms with Gasteiger partial charge >= 0.3 is 0 Å². The minimum Gasteiger partial charge on any atom is -0.378 e. The Morgan fingerprint density at radius 1 is 1.56 bits per heavy atom. The van der Waals surface area contributed by atoms with Gasteiger partial charge in [-0.25, -0.2) is 4.39 Å². The first-order valence-corrected chi connectivity index (χ1v) is 6.41. The zero-order valence-electron chi connectivity index (χ0n) is 9.73. The lowest BCUT2D eigenvalue weighted by Gasteiger charge is -2.33. The summed E-state index contributed by atoms with van der Waals surface area (Å²) in [4.78, 5) is 13.2. The first kappa shape index (κ1) is 13.5. The number of nitrogens with two attached hydrogens (primary N) is 1. The minimum absolute atomic E-state index is 0.297. The van der Waals surface area contributed by atoms with Crippen molar-refractivity contribution in [3.8, 4) is 0 Å². The number of primary amides is 1. The molecular formula is C12H14BrFN2O2. The molecule has 1 saturated heterocycles. The Kier molecular flexibility index (Phi) is 4.31. The number of amides is 1. The number of nitrogens with zero attached hydrogens (tertiary/aromatic N) is 1. The van der Waals surface area contributed by atoms with Crippen LogP contribution in [0.2, 0.25) is 0 Å². The lowest BCUT2D eigenvalue weighted by Crippen LogP contribution is -2.51. The van der Waals surface area contributed by atoms with Crippen molar-refractivity contribution in [2.75, 3.05) is 19.8 Å². The molecule has 0 bridgehead atoms. The van der Waals surface area contributed by atoms with E-state index in [0.29, 0.717) is 30.8 Å². The van der Waals surface area contributed by atoms with E-state index in [4.69, 9.17) is 10.5 Å². The van der Waals surface area contributed by atoms with Crippen LogP contribution in [-0.2, 0) is 16.1 Å². The molecule has 4 nitrogen and oxygen atoms in total. The molecule has 98 valence electrons. The van der Waals surface area contributed by atoms with Crippen molar-refractivity contribution in [3.05, 3.63) is 34.1 Å². The minimum atomic E-state index is -0.444. The molecule has 0 radical (unpaired) electrons. The maximum Gasteiger partial charge on any atom is 0.237 e. The first-order valence-electron chi connectivity index (χ1n) is 5.62. The Morgan fingerprint density at radius 3 is 3.00 bits per heavy atom. The van der Waals surface area contributed by atoms with Gasteiger partial charge in [-0.3, -0.25) is 9.69 Å². The fourth-order valence-electron chi connectivity index (χ4n) is 2.03.